The number of nitrogens with one attached hydrogen (secondary N) is 2. The Kier molecular flexibility index (Phi) is 4.76. The van der Waals surface area contributed by atoms with Gasteiger partial charge in [0, 0.05) is 0 Å². The molecule has 0 spiro atoms. The fourth-order valence-electron chi connectivity index (χ4n) is 1.16. The lowest BCUT2D eigenvalue weighted by atomic mass is 10.2. The number of hydrogen-bond acceptors (Lipinski definition) is 5. The highest BCUT2D eigenvalue weighted by atomic mass is 19.1. The molecule has 6 nitrogen and oxygen atoms in total. The zero-order chi connectivity index (χ0) is 14.4. The number of nitrogens with zero attached hydrogens (tertiary/aromatic N) is 2. The molecule has 1 aromatic carbocycles. The molecule has 0 saturated carbocycles. The second-order valence-corrected chi connectivity index (χ2v) is 3.27. The Morgan fingerprint density at radius 1 is 1.58 bits per heavy atom. The number of hydrogen-bond donors (Lipinski definition) is 3. The third-order valence-electron chi connectivity index (χ3n) is 1.99. The van der Waals surface area contributed by atoms with Crippen LogP contribution >= 0.6 is 0 Å². The second-order valence-electron chi connectivity index (χ2n) is 3.27. The Bertz CT molecular complexity index is 565. The molecular weight excluding hydrogens is 256 g/mol. The van der Waals surface area contributed by atoms with Crippen LogP contribution in [0, 0.1) is 28.4 Å². The van der Waals surface area contributed by atoms with Gasteiger partial charge in [-0.05, 0) is 19.1 Å². The van der Waals surface area contributed by atoms with E-state index in [2.05, 4.69) is 10.5 Å². The normalized spacial score (nSPS) is 10.7. The van der Waals surface area contributed by atoms with Crippen molar-refractivity contribution in [2.24, 2.45) is 10.8 Å². The maximum atomic E-state index is 13.8. The van der Waals surface area contributed by atoms with Gasteiger partial charge in [-0.15, -0.1) is 0 Å². The van der Waals surface area contributed by atoms with Gasteiger partial charge in [0.1, 0.15) is 6.07 Å². The Morgan fingerprint density at radius 2 is 2.26 bits per heavy atom. The summed E-state index contributed by atoms with van der Waals surface area (Å²) in [5.41, 5.74) is 6.65. The first-order valence-electron chi connectivity index (χ1n) is 5.20. The van der Waals surface area contributed by atoms with Crippen molar-refractivity contribution in [1.82, 2.24) is 0 Å². The number of nitriles is 1. The molecule has 0 unspecified atom stereocenters. The molecule has 0 aliphatic carbocycles. The topological polar surface area (TPSA) is 107 Å². The van der Waals surface area contributed by atoms with E-state index in [1.165, 1.54) is 0 Å². The molecule has 8 heteroatoms. The molecule has 0 aliphatic rings. The van der Waals surface area contributed by atoms with Crippen LogP contribution in [0.5, 0.6) is 5.75 Å². The van der Waals surface area contributed by atoms with E-state index in [9.17, 15) is 8.78 Å². The molecule has 0 heterocycles. The lowest BCUT2D eigenvalue weighted by Gasteiger charge is -2.09. The fourth-order valence-corrected chi connectivity index (χ4v) is 1.16. The van der Waals surface area contributed by atoms with Crippen LogP contribution in [0.2, 0.25) is 0 Å². The molecular formula is C11H11F2N5O. The van der Waals surface area contributed by atoms with Crippen LogP contribution in [0.25, 0.3) is 0 Å². The summed E-state index contributed by atoms with van der Waals surface area (Å²) in [6.07, 6.45) is 0. The predicted molar refractivity (Wildman–Crippen MR) is 66.1 cm³/mol. The van der Waals surface area contributed by atoms with Gasteiger partial charge in [-0.2, -0.15) is 10.4 Å². The maximum absolute atomic E-state index is 13.8. The maximum Gasteiger partial charge on any atom is 0.201 e. The number of benzene rings is 1. The van der Waals surface area contributed by atoms with Crippen molar-refractivity contribution in [3.63, 3.8) is 0 Å². The van der Waals surface area contributed by atoms with E-state index in [1.807, 2.05) is 0 Å². The zero-order valence-corrected chi connectivity index (χ0v) is 10.00. The number of amidine groups is 1. The zero-order valence-electron chi connectivity index (χ0n) is 10.00. The molecule has 0 amide bonds. The van der Waals surface area contributed by atoms with Gasteiger partial charge < -0.3 is 10.5 Å². The average molecular weight is 267 g/mol. The van der Waals surface area contributed by atoms with Gasteiger partial charge in [0.15, 0.2) is 23.2 Å². The monoisotopic (exact) mass is 267 g/mol. The van der Waals surface area contributed by atoms with Crippen LogP contribution in [-0.2, 0) is 0 Å². The molecule has 0 aromatic heterocycles. The van der Waals surface area contributed by atoms with Crippen molar-refractivity contribution in [2.45, 2.75) is 6.92 Å². The fraction of sp³-hybridized carbons (Fsp3) is 0.182. The lowest BCUT2D eigenvalue weighted by Crippen LogP contribution is -2.22. The summed E-state index contributed by atoms with van der Waals surface area (Å²) in [5.74, 6) is -2.93. The number of rotatable bonds is 5. The van der Waals surface area contributed by atoms with E-state index in [4.69, 9.17) is 21.1 Å². The van der Waals surface area contributed by atoms with Crippen LogP contribution in [0.4, 0.5) is 14.5 Å². The lowest BCUT2D eigenvalue weighted by molar-refractivity contribution is 0.303. The molecule has 0 aliphatic heterocycles. The minimum absolute atomic E-state index is 0.0947. The first-order valence-corrected chi connectivity index (χ1v) is 5.20. The van der Waals surface area contributed by atoms with Crippen molar-refractivity contribution < 1.29 is 13.5 Å². The van der Waals surface area contributed by atoms with Gasteiger partial charge in [-0.3, -0.25) is 10.8 Å². The second kappa shape index (κ2) is 6.30. The number of anilines is 1. The van der Waals surface area contributed by atoms with Gasteiger partial charge in [-0.1, -0.05) is 0 Å². The minimum atomic E-state index is -0.980. The Hall–Kier alpha value is -2.69. The summed E-state index contributed by atoms with van der Waals surface area (Å²) in [4.78, 5) is 0. The number of nitrogens with two attached hydrogens (primary N) is 1. The number of hydrazone groups is 1. The van der Waals surface area contributed by atoms with Crippen molar-refractivity contribution in [3.05, 3.63) is 23.8 Å². The standard InChI is InChI=1S/C11H11F2N5O/c1-2-19-10-6(12)3-4-7(9(10)13)17-18-8(5-14)11(15)16/h3-4,17H,2H2,1H3,(H3,15,16)/b18-8+. The van der Waals surface area contributed by atoms with Crippen LogP contribution in [0.3, 0.4) is 0 Å². The van der Waals surface area contributed by atoms with Crippen LogP contribution in [-0.4, -0.2) is 18.2 Å². The largest absolute Gasteiger partial charge is 0.488 e. The van der Waals surface area contributed by atoms with E-state index in [1.54, 1.807) is 13.0 Å². The third-order valence-corrected chi connectivity index (χ3v) is 1.99. The summed E-state index contributed by atoms with van der Waals surface area (Å²) >= 11 is 0. The highest BCUT2D eigenvalue weighted by Crippen LogP contribution is 2.27. The first-order chi connectivity index (χ1) is 9.01. The van der Waals surface area contributed by atoms with Crippen molar-refractivity contribution >= 4 is 17.2 Å². The van der Waals surface area contributed by atoms with E-state index in [0.717, 1.165) is 12.1 Å². The third kappa shape index (κ3) is 3.38. The van der Waals surface area contributed by atoms with E-state index in [-0.39, 0.29) is 12.3 Å². The molecule has 1 rings (SSSR count). The molecule has 4 N–H and O–H groups in total. The number of halogens is 2. The van der Waals surface area contributed by atoms with E-state index < -0.39 is 28.9 Å². The Balaban J connectivity index is 3.07. The predicted octanol–water partition coefficient (Wildman–Crippen LogP) is 1.59. The molecule has 100 valence electrons. The summed E-state index contributed by atoms with van der Waals surface area (Å²) in [6.45, 7) is 1.68. The summed E-state index contributed by atoms with van der Waals surface area (Å²) in [7, 11) is 0. The van der Waals surface area contributed by atoms with Gasteiger partial charge in [-0.25, -0.2) is 8.78 Å². The van der Waals surface area contributed by atoms with Crippen molar-refractivity contribution in [2.75, 3.05) is 12.0 Å². The highest BCUT2D eigenvalue weighted by molar-refractivity contribution is 6.45. The number of ether oxygens (including phenoxy) is 1. The SMILES string of the molecule is CCOc1c(F)ccc(N/N=C(\C#N)C(=N)N)c1F. The van der Waals surface area contributed by atoms with E-state index in [0.29, 0.717) is 0 Å². The first kappa shape index (κ1) is 14.4. The molecule has 0 bridgehead atoms. The quantitative estimate of drug-likeness (QED) is 0.427. The minimum Gasteiger partial charge on any atom is -0.488 e. The summed E-state index contributed by atoms with van der Waals surface area (Å²) < 4.78 is 31.9. The molecule has 0 saturated heterocycles. The Morgan fingerprint density at radius 3 is 2.79 bits per heavy atom. The molecule has 1 aromatic rings. The van der Waals surface area contributed by atoms with Crippen molar-refractivity contribution in [1.29, 1.82) is 10.7 Å². The molecule has 0 radical (unpaired) electrons. The van der Waals surface area contributed by atoms with E-state index >= 15 is 0 Å². The van der Waals surface area contributed by atoms with Crippen molar-refractivity contribution in [3.8, 4) is 11.8 Å². The summed E-state index contributed by atoms with van der Waals surface area (Å²) in [6, 6.07) is 3.63. The average Bonchev–Trinajstić information content (AvgIpc) is 2.37. The Labute approximate surface area is 108 Å². The smallest absolute Gasteiger partial charge is 0.201 e. The molecule has 0 atom stereocenters. The molecule has 19 heavy (non-hydrogen) atoms. The van der Waals surface area contributed by atoms with Gasteiger partial charge in [0.2, 0.25) is 5.71 Å². The molecule has 0 fully saturated rings. The van der Waals surface area contributed by atoms with Crippen LogP contribution in [0.15, 0.2) is 17.2 Å². The van der Waals surface area contributed by atoms with Crippen LogP contribution < -0.4 is 15.9 Å². The highest BCUT2D eigenvalue weighted by Gasteiger charge is 2.14. The van der Waals surface area contributed by atoms with Gasteiger partial charge in [0.05, 0.1) is 12.3 Å². The van der Waals surface area contributed by atoms with Crippen LogP contribution in [0.1, 0.15) is 6.92 Å². The van der Waals surface area contributed by atoms with Gasteiger partial charge >= 0.3 is 0 Å². The summed E-state index contributed by atoms with van der Waals surface area (Å²) in [5, 5.41) is 19.1. The van der Waals surface area contributed by atoms with Gasteiger partial charge in [0.25, 0.3) is 0 Å².